The molecule has 0 aliphatic carbocycles. The van der Waals surface area contributed by atoms with Gasteiger partial charge in [-0.3, -0.25) is 14.4 Å². The predicted molar refractivity (Wildman–Crippen MR) is 168 cm³/mol. The molecule has 0 saturated carbocycles. The molecule has 1 aliphatic rings. The Labute approximate surface area is 265 Å². The highest BCUT2D eigenvalue weighted by atomic mass is 16.5. The first-order valence-corrected chi connectivity index (χ1v) is 14.9. The fourth-order valence-corrected chi connectivity index (χ4v) is 4.96. The molecule has 3 amide bonds. The molecule has 46 heavy (non-hydrogen) atoms. The molecule has 13 heteroatoms. The molecule has 3 aromatic carbocycles. The molecule has 2 atom stereocenters. The van der Waals surface area contributed by atoms with Gasteiger partial charge in [0.1, 0.15) is 11.9 Å². The molecule has 7 N–H and O–H groups in total. The summed E-state index contributed by atoms with van der Waals surface area (Å²) in [5, 5.41) is 55.1. The lowest BCUT2D eigenvalue weighted by Gasteiger charge is -2.26. The number of aromatic hydroxyl groups is 5. The number of unbranched alkanes of at least 4 members (excludes halogenated alkanes) is 1. The number of carbonyl (C=O) groups excluding carboxylic acids is 3. The third-order valence-electron chi connectivity index (χ3n) is 7.58. The molecule has 244 valence electrons. The van der Waals surface area contributed by atoms with Gasteiger partial charge in [0.15, 0.2) is 29.0 Å². The Balaban J connectivity index is 1.38. The summed E-state index contributed by atoms with van der Waals surface area (Å²) in [5.41, 5.74) is 0.897. The monoisotopic (exact) mass is 634 g/mol. The van der Waals surface area contributed by atoms with E-state index in [1.54, 1.807) is 36.9 Å². The summed E-state index contributed by atoms with van der Waals surface area (Å²) in [6.45, 7) is 4.44. The van der Waals surface area contributed by atoms with Crippen LogP contribution in [0.25, 0.3) is 0 Å². The Morgan fingerprint density at radius 2 is 1.30 bits per heavy atom. The highest BCUT2D eigenvalue weighted by Crippen LogP contribution is 2.30. The van der Waals surface area contributed by atoms with E-state index in [0.29, 0.717) is 36.9 Å². The van der Waals surface area contributed by atoms with E-state index in [1.165, 1.54) is 36.4 Å². The third kappa shape index (κ3) is 7.78. The Bertz CT molecular complexity index is 1620. The number of ether oxygens (including phenoxy) is 1. The van der Waals surface area contributed by atoms with E-state index in [0.717, 1.165) is 0 Å². The average molecular weight is 635 g/mol. The molecular formula is C33H38N4O9. The molecule has 13 nitrogen and oxygen atoms in total. The number of carbonyl (C=O) groups is 3. The first-order chi connectivity index (χ1) is 22.0. The molecule has 0 bridgehead atoms. The Morgan fingerprint density at radius 1 is 0.761 bits per heavy atom. The molecule has 0 spiro atoms. The van der Waals surface area contributed by atoms with Crippen molar-refractivity contribution >= 4 is 23.6 Å². The number of aliphatic imine (C=N–C) groups is 1. The van der Waals surface area contributed by atoms with Crippen LogP contribution in [0.5, 0.6) is 28.7 Å². The summed E-state index contributed by atoms with van der Waals surface area (Å²) in [4.78, 5) is 44.8. The van der Waals surface area contributed by atoms with Crippen molar-refractivity contribution in [2.75, 3.05) is 26.2 Å². The van der Waals surface area contributed by atoms with Crippen LogP contribution in [0.3, 0.4) is 0 Å². The van der Waals surface area contributed by atoms with Crippen LogP contribution in [0.15, 0.2) is 59.6 Å². The highest BCUT2D eigenvalue weighted by Gasteiger charge is 2.37. The summed E-state index contributed by atoms with van der Waals surface area (Å²) in [7, 11) is 0. The minimum Gasteiger partial charge on any atom is -0.507 e. The topological polar surface area (TPSA) is 201 Å². The SMILES string of the molecule is Cc1cccc(C2=NC(C(=O)N(CCCCNC(=O)c3cccc(O)c3O)CCCNC(=O)c3cccc(O)c3O)C(C)O2)c1O. The lowest BCUT2D eigenvalue weighted by molar-refractivity contribution is -0.134. The van der Waals surface area contributed by atoms with Crippen LogP contribution in [-0.4, -0.2) is 92.4 Å². The van der Waals surface area contributed by atoms with Crippen molar-refractivity contribution in [2.24, 2.45) is 4.99 Å². The van der Waals surface area contributed by atoms with Gasteiger partial charge in [0.05, 0.1) is 16.7 Å². The number of amides is 3. The van der Waals surface area contributed by atoms with Gasteiger partial charge in [-0.15, -0.1) is 0 Å². The zero-order valence-electron chi connectivity index (χ0n) is 25.6. The van der Waals surface area contributed by atoms with Gasteiger partial charge in [0.2, 0.25) is 5.90 Å². The van der Waals surface area contributed by atoms with Crippen molar-refractivity contribution in [1.29, 1.82) is 0 Å². The minimum atomic E-state index is -0.873. The number of hydrogen-bond donors (Lipinski definition) is 7. The van der Waals surface area contributed by atoms with E-state index in [9.17, 15) is 39.9 Å². The van der Waals surface area contributed by atoms with Crippen LogP contribution < -0.4 is 10.6 Å². The number of rotatable bonds is 13. The van der Waals surface area contributed by atoms with Gasteiger partial charge in [-0.05, 0) is 69.0 Å². The highest BCUT2D eigenvalue weighted by molar-refractivity contribution is 6.01. The zero-order valence-corrected chi connectivity index (χ0v) is 25.6. The molecular weight excluding hydrogens is 596 g/mol. The number of aryl methyl sites for hydroxylation is 1. The van der Waals surface area contributed by atoms with Gasteiger partial charge in [-0.1, -0.05) is 24.3 Å². The number of phenols is 5. The Kier molecular flexibility index (Phi) is 10.9. The third-order valence-corrected chi connectivity index (χ3v) is 7.58. The fourth-order valence-electron chi connectivity index (χ4n) is 4.96. The van der Waals surface area contributed by atoms with Gasteiger partial charge < -0.3 is 45.8 Å². The standard InChI is InChI=1S/C33H38N4O9/c1-19-9-5-12-23(27(19)40)32-36-26(20(2)46-32)33(45)37(18-8-16-35-31(44)22-11-7-14-25(39)29(22)42)17-4-3-15-34-30(43)21-10-6-13-24(38)28(21)41/h5-7,9-14,20,26,38-42H,3-4,8,15-18H2,1-2H3,(H,34,43)(H,35,44). The van der Waals surface area contributed by atoms with Crippen LogP contribution in [0.1, 0.15) is 58.0 Å². The van der Waals surface area contributed by atoms with E-state index in [-0.39, 0.29) is 48.3 Å². The van der Waals surface area contributed by atoms with Crippen LogP contribution in [-0.2, 0) is 9.53 Å². The molecule has 2 unspecified atom stereocenters. The van der Waals surface area contributed by atoms with E-state index in [1.807, 2.05) is 0 Å². The van der Waals surface area contributed by atoms with E-state index in [2.05, 4.69) is 15.6 Å². The van der Waals surface area contributed by atoms with Crippen LogP contribution in [0, 0.1) is 6.92 Å². The van der Waals surface area contributed by atoms with Gasteiger partial charge in [-0.2, -0.15) is 0 Å². The second-order valence-electron chi connectivity index (χ2n) is 10.9. The number of benzene rings is 3. The maximum absolute atomic E-state index is 13.7. The quantitative estimate of drug-likeness (QED) is 0.109. The average Bonchev–Trinajstić information content (AvgIpc) is 3.42. The van der Waals surface area contributed by atoms with Crippen molar-refractivity contribution in [2.45, 2.75) is 45.3 Å². The maximum Gasteiger partial charge on any atom is 0.255 e. The van der Waals surface area contributed by atoms with Gasteiger partial charge in [0.25, 0.3) is 17.7 Å². The van der Waals surface area contributed by atoms with Crippen LogP contribution >= 0.6 is 0 Å². The molecule has 0 aromatic heterocycles. The normalized spacial score (nSPS) is 15.5. The van der Waals surface area contributed by atoms with Gasteiger partial charge in [0, 0.05) is 26.2 Å². The first kappa shape index (κ1) is 33.4. The summed E-state index contributed by atoms with van der Waals surface area (Å²) in [6.07, 6.45) is 0.749. The molecule has 0 radical (unpaired) electrons. The van der Waals surface area contributed by atoms with E-state index >= 15 is 0 Å². The smallest absolute Gasteiger partial charge is 0.255 e. The molecule has 3 aromatic rings. The molecule has 4 rings (SSSR count). The van der Waals surface area contributed by atoms with Gasteiger partial charge >= 0.3 is 0 Å². The lowest BCUT2D eigenvalue weighted by atomic mass is 10.1. The van der Waals surface area contributed by atoms with Crippen molar-refractivity contribution in [3.8, 4) is 28.7 Å². The van der Waals surface area contributed by atoms with E-state index < -0.39 is 47.0 Å². The Morgan fingerprint density at radius 3 is 1.91 bits per heavy atom. The largest absolute Gasteiger partial charge is 0.507 e. The number of para-hydroxylation sites is 3. The van der Waals surface area contributed by atoms with Crippen LogP contribution in [0.4, 0.5) is 0 Å². The van der Waals surface area contributed by atoms with Crippen LogP contribution in [0.2, 0.25) is 0 Å². The zero-order chi connectivity index (χ0) is 33.4. The molecule has 1 aliphatic heterocycles. The maximum atomic E-state index is 13.7. The summed E-state index contributed by atoms with van der Waals surface area (Å²) in [6, 6.07) is 12.5. The van der Waals surface area contributed by atoms with Crippen molar-refractivity contribution in [3.63, 3.8) is 0 Å². The number of nitrogens with zero attached hydrogens (tertiary/aromatic N) is 2. The number of hydrogen-bond acceptors (Lipinski definition) is 10. The lowest BCUT2D eigenvalue weighted by Crippen LogP contribution is -2.43. The van der Waals surface area contributed by atoms with Crippen molar-refractivity contribution in [3.05, 3.63) is 76.9 Å². The summed E-state index contributed by atoms with van der Waals surface area (Å²) in [5.74, 6) is -3.08. The summed E-state index contributed by atoms with van der Waals surface area (Å²) >= 11 is 0. The fraction of sp³-hybridized carbons (Fsp3) is 0.333. The summed E-state index contributed by atoms with van der Waals surface area (Å²) < 4.78 is 5.88. The second kappa shape index (κ2) is 15.0. The molecule has 0 fully saturated rings. The minimum absolute atomic E-state index is 0.0213. The molecule has 0 saturated heterocycles. The predicted octanol–water partition coefficient (Wildman–Crippen LogP) is 2.92. The van der Waals surface area contributed by atoms with Gasteiger partial charge in [-0.25, -0.2) is 4.99 Å². The number of phenolic OH excluding ortho intramolecular Hbond substituents is 5. The van der Waals surface area contributed by atoms with Crippen molar-refractivity contribution in [1.82, 2.24) is 15.5 Å². The first-order valence-electron chi connectivity index (χ1n) is 14.9. The molecule has 1 heterocycles. The van der Waals surface area contributed by atoms with Crippen molar-refractivity contribution < 1.29 is 44.7 Å². The second-order valence-corrected chi connectivity index (χ2v) is 10.9. The Hall–Kier alpha value is -5.46. The van der Waals surface area contributed by atoms with E-state index in [4.69, 9.17) is 4.74 Å². The number of nitrogens with one attached hydrogen (secondary N) is 2.